The van der Waals surface area contributed by atoms with Crippen molar-refractivity contribution in [2.75, 3.05) is 12.3 Å². The van der Waals surface area contributed by atoms with Crippen LogP contribution >= 0.6 is 35.0 Å². The molecule has 2 aromatic carbocycles. The van der Waals surface area contributed by atoms with Crippen molar-refractivity contribution in [1.29, 1.82) is 0 Å². The van der Waals surface area contributed by atoms with Gasteiger partial charge in [-0.1, -0.05) is 29.3 Å². The number of hydrogen-bond acceptors (Lipinski definition) is 3. The number of nitrogens with one attached hydrogen (secondary N) is 1. The molecule has 0 spiro atoms. The maximum absolute atomic E-state index is 12.0. The van der Waals surface area contributed by atoms with E-state index in [1.165, 1.54) is 0 Å². The molecule has 0 aliphatic carbocycles. The van der Waals surface area contributed by atoms with E-state index in [4.69, 9.17) is 27.9 Å². The minimum absolute atomic E-state index is 0.151. The number of benzene rings is 2. The molecule has 122 valence electrons. The molecule has 1 amide bonds. The van der Waals surface area contributed by atoms with E-state index < -0.39 is 6.10 Å². The fourth-order valence-electron chi connectivity index (χ4n) is 1.82. The summed E-state index contributed by atoms with van der Waals surface area (Å²) in [6, 6.07) is 14.6. The van der Waals surface area contributed by atoms with E-state index in [0.717, 1.165) is 15.7 Å². The fourth-order valence-corrected chi connectivity index (χ4v) is 2.89. The van der Waals surface area contributed by atoms with Crippen LogP contribution in [0.1, 0.15) is 6.92 Å². The van der Waals surface area contributed by atoms with Gasteiger partial charge in [0.25, 0.3) is 5.91 Å². The summed E-state index contributed by atoms with van der Waals surface area (Å²) in [4.78, 5) is 13.1. The monoisotopic (exact) mass is 369 g/mol. The molecule has 1 atom stereocenters. The zero-order valence-electron chi connectivity index (χ0n) is 12.6. The number of carbonyl (C=O) groups is 1. The first-order chi connectivity index (χ1) is 11.0. The first-order valence-corrected chi connectivity index (χ1v) is 8.87. The van der Waals surface area contributed by atoms with Gasteiger partial charge in [-0.05, 0) is 49.4 Å². The first kappa shape index (κ1) is 18.0. The van der Waals surface area contributed by atoms with Gasteiger partial charge in [0, 0.05) is 27.2 Å². The molecular weight excluding hydrogens is 353 g/mol. The summed E-state index contributed by atoms with van der Waals surface area (Å²) in [5.41, 5.74) is 0. The minimum Gasteiger partial charge on any atom is -0.481 e. The number of rotatable bonds is 7. The molecule has 0 heterocycles. The summed E-state index contributed by atoms with van der Waals surface area (Å²) in [6.45, 7) is 2.28. The number of carbonyl (C=O) groups excluding carboxylic acids is 1. The number of thioether (sulfide) groups is 1. The minimum atomic E-state index is -0.575. The van der Waals surface area contributed by atoms with E-state index >= 15 is 0 Å². The number of amides is 1. The maximum Gasteiger partial charge on any atom is 0.260 e. The maximum atomic E-state index is 12.0. The van der Waals surface area contributed by atoms with Crippen LogP contribution in [0.2, 0.25) is 10.0 Å². The molecule has 0 saturated heterocycles. The highest BCUT2D eigenvalue weighted by Gasteiger charge is 2.14. The molecule has 0 bridgehead atoms. The third-order valence-corrected chi connectivity index (χ3v) is 4.46. The Kier molecular flexibility index (Phi) is 7.09. The van der Waals surface area contributed by atoms with Gasteiger partial charge in [0.05, 0.1) is 0 Å². The van der Waals surface area contributed by atoms with Crippen molar-refractivity contribution in [3.8, 4) is 5.75 Å². The summed E-state index contributed by atoms with van der Waals surface area (Å²) >= 11 is 13.4. The van der Waals surface area contributed by atoms with Crippen molar-refractivity contribution >= 4 is 40.9 Å². The molecule has 0 saturated carbocycles. The van der Waals surface area contributed by atoms with Gasteiger partial charge in [-0.3, -0.25) is 4.79 Å². The van der Waals surface area contributed by atoms with E-state index in [-0.39, 0.29) is 5.91 Å². The second kappa shape index (κ2) is 9.06. The summed E-state index contributed by atoms with van der Waals surface area (Å²) in [6.07, 6.45) is -0.575. The Morgan fingerprint density at radius 2 is 1.91 bits per heavy atom. The lowest BCUT2D eigenvalue weighted by atomic mass is 10.3. The van der Waals surface area contributed by atoms with Crippen LogP contribution in [0.5, 0.6) is 5.75 Å². The van der Waals surface area contributed by atoms with Crippen molar-refractivity contribution < 1.29 is 9.53 Å². The molecule has 0 aromatic heterocycles. The fraction of sp³-hybridized carbons (Fsp3) is 0.235. The first-order valence-electron chi connectivity index (χ1n) is 7.13. The molecule has 2 aromatic rings. The molecule has 3 nitrogen and oxygen atoms in total. The second-order valence-corrected chi connectivity index (χ2v) is 6.85. The average molecular weight is 370 g/mol. The van der Waals surface area contributed by atoms with Crippen molar-refractivity contribution in [1.82, 2.24) is 5.32 Å². The molecule has 0 aliphatic rings. The van der Waals surface area contributed by atoms with Gasteiger partial charge in [-0.15, -0.1) is 11.8 Å². The van der Waals surface area contributed by atoms with Gasteiger partial charge in [-0.2, -0.15) is 0 Å². The highest BCUT2D eigenvalue weighted by Crippen LogP contribution is 2.20. The lowest BCUT2D eigenvalue weighted by Gasteiger charge is -2.14. The van der Waals surface area contributed by atoms with Crippen LogP contribution in [0.15, 0.2) is 53.4 Å². The Morgan fingerprint density at radius 1 is 1.17 bits per heavy atom. The Balaban J connectivity index is 1.70. The molecular formula is C17H17Cl2NO2S. The van der Waals surface area contributed by atoms with Crippen molar-refractivity contribution in [3.05, 3.63) is 58.6 Å². The predicted octanol–water partition coefficient (Wildman–Crippen LogP) is 4.67. The van der Waals surface area contributed by atoms with E-state index in [0.29, 0.717) is 17.3 Å². The quantitative estimate of drug-likeness (QED) is 0.569. The van der Waals surface area contributed by atoms with E-state index in [1.54, 1.807) is 43.0 Å². The van der Waals surface area contributed by atoms with Gasteiger partial charge in [0.2, 0.25) is 0 Å². The van der Waals surface area contributed by atoms with Gasteiger partial charge in [-0.25, -0.2) is 0 Å². The zero-order valence-corrected chi connectivity index (χ0v) is 14.9. The summed E-state index contributed by atoms with van der Waals surface area (Å²) in [5.74, 6) is 1.20. The Labute approximate surface area is 150 Å². The molecule has 2 rings (SSSR count). The van der Waals surface area contributed by atoms with E-state index in [9.17, 15) is 4.79 Å². The van der Waals surface area contributed by atoms with Gasteiger partial charge in [0.1, 0.15) is 5.75 Å². The lowest BCUT2D eigenvalue weighted by molar-refractivity contribution is -0.127. The second-order valence-electron chi connectivity index (χ2n) is 4.81. The third kappa shape index (κ3) is 6.34. The average Bonchev–Trinajstić information content (AvgIpc) is 2.53. The van der Waals surface area contributed by atoms with E-state index in [1.807, 2.05) is 24.3 Å². The summed E-state index contributed by atoms with van der Waals surface area (Å²) in [7, 11) is 0. The van der Waals surface area contributed by atoms with Crippen LogP contribution in [0, 0.1) is 0 Å². The predicted molar refractivity (Wildman–Crippen MR) is 96.7 cm³/mol. The van der Waals surface area contributed by atoms with Crippen LogP contribution in [0.25, 0.3) is 0 Å². The molecule has 6 heteroatoms. The number of hydrogen-bond donors (Lipinski definition) is 1. The van der Waals surface area contributed by atoms with Crippen LogP contribution in [0.4, 0.5) is 0 Å². The largest absolute Gasteiger partial charge is 0.481 e. The molecule has 0 fully saturated rings. The van der Waals surface area contributed by atoms with Crippen molar-refractivity contribution in [3.63, 3.8) is 0 Å². The standard InChI is InChI=1S/C17H17Cl2NO2S/c1-12(22-15-4-2-3-14(19)11-15)17(21)20-9-10-23-16-7-5-13(18)6-8-16/h2-8,11-12H,9-10H2,1H3,(H,20,21)/t12-/m1/s1. The van der Waals surface area contributed by atoms with Crippen LogP contribution < -0.4 is 10.1 Å². The van der Waals surface area contributed by atoms with Crippen LogP contribution in [-0.2, 0) is 4.79 Å². The Bertz CT molecular complexity index is 649. The zero-order chi connectivity index (χ0) is 16.7. The lowest BCUT2D eigenvalue weighted by Crippen LogP contribution is -2.37. The number of ether oxygens (including phenoxy) is 1. The molecule has 23 heavy (non-hydrogen) atoms. The Morgan fingerprint density at radius 3 is 2.61 bits per heavy atom. The van der Waals surface area contributed by atoms with Crippen molar-refractivity contribution in [2.45, 2.75) is 17.9 Å². The summed E-state index contributed by atoms with van der Waals surface area (Å²) in [5, 5.41) is 4.15. The Hall–Kier alpha value is -1.36. The van der Waals surface area contributed by atoms with Gasteiger partial charge >= 0.3 is 0 Å². The van der Waals surface area contributed by atoms with Crippen LogP contribution in [0.3, 0.4) is 0 Å². The SMILES string of the molecule is C[C@@H](Oc1cccc(Cl)c1)C(=O)NCCSc1ccc(Cl)cc1. The number of halogens is 2. The molecule has 0 radical (unpaired) electrons. The van der Waals surface area contributed by atoms with Crippen molar-refractivity contribution in [2.24, 2.45) is 0 Å². The van der Waals surface area contributed by atoms with Crippen LogP contribution in [-0.4, -0.2) is 24.3 Å². The summed E-state index contributed by atoms with van der Waals surface area (Å²) < 4.78 is 5.57. The highest BCUT2D eigenvalue weighted by molar-refractivity contribution is 7.99. The normalized spacial score (nSPS) is 11.8. The molecule has 0 unspecified atom stereocenters. The highest BCUT2D eigenvalue weighted by atomic mass is 35.5. The smallest absolute Gasteiger partial charge is 0.260 e. The van der Waals surface area contributed by atoms with Gasteiger partial charge in [0.15, 0.2) is 6.10 Å². The van der Waals surface area contributed by atoms with E-state index in [2.05, 4.69) is 5.32 Å². The topological polar surface area (TPSA) is 38.3 Å². The molecule has 1 N–H and O–H groups in total. The van der Waals surface area contributed by atoms with Gasteiger partial charge < -0.3 is 10.1 Å². The molecule has 0 aliphatic heterocycles. The third-order valence-electron chi connectivity index (χ3n) is 2.96.